The van der Waals surface area contributed by atoms with Crippen molar-refractivity contribution in [3.63, 3.8) is 0 Å². The van der Waals surface area contributed by atoms with Crippen molar-refractivity contribution in [3.05, 3.63) is 70.8 Å². The van der Waals surface area contributed by atoms with E-state index >= 15 is 0 Å². The van der Waals surface area contributed by atoms with Crippen molar-refractivity contribution in [2.45, 2.75) is 30.4 Å². The Balaban J connectivity index is 1.57. The molecule has 9 heteroatoms. The summed E-state index contributed by atoms with van der Waals surface area (Å²) < 4.78 is 29.9. The molecule has 0 unspecified atom stereocenters. The minimum Gasteiger partial charge on any atom is -0.339 e. The zero-order chi connectivity index (χ0) is 20.1. The van der Waals surface area contributed by atoms with Crippen LogP contribution in [0.3, 0.4) is 0 Å². The third kappa shape index (κ3) is 5.17. The van der Waals surface area contributed by atoms with Gasteiger partial charge >= 0.3 is 0 Å². The number of carbonyl (C=O) groups excluding carboxylic acids is 1. The first kappa shape index (κ1) is 20.0. The lowest BCUT2D eigenvalue weighted by atomic mass is 10.2. The summed E-state index contributed by atoms with van der Waals surface area (Å²) >= 11 is 6.00. The molecule has 1 aromatic heterocycles. The lowest BCUT2D eigenvalue weighted by Crippen LogP contribution is -2.12. The Morgan fingerprint density at radius 1 is 1.14 bits per heavy atom. The van der Waals surface area contributed by atoms with Gasteiger partial charge in [-0.05, 0) is 31.2 Å². The molecule has 7 nitrogen and oxygen atoms in total. The number of hydrogen-bond acceptors (Lipinski definition) is 6. The molecule has 1 N–H and O–H groups in total. The number of sulfone groups is 1. The van der Waals surface area contributed by atoms with E-state index in [9.17, 15) is 13.2 Å². The van der Waals surface area contributed by atoms with E-state index in [1.165, 1.54) is 0 Å². The van der Waals surface area contributed by atoms with Crippen molar-refractivity contribution in [2.24, 2.45) is 0 Å². The van der Waals surface area contributed by atoms with Crippen molar-refractivity contribution in [2.75, 3.05) is 5.32 Å². The standard InChI is InChI=1S/C19H18ClN3O4S/c1-13-6-8-14(9-7-13)28(25,26)12-17-22-19(27-23-17)11-10-18(24)21-16-5-3-2-4-15(16)20/h2-9H,10-12H2,1H3,(H,21,24). The maximum Gasteiger partial charge on any atom is 0.227 e. The average Bonchev–Trinajstić information content (AvgIpc) is 3.09. The fourth-order valence-corrected chi connectivity index (χ4v) is 3.80. The van der Waals surface area contributed by atoms with E-state index in [-0.39, 0.29) is 41.1 Å². The highest BCUT2D eigenvalue weighted by Gasteiger charge is 2.19. The van der Waals surface area contributed by atoms with Crippen LogP contribution in [0.4, 0.5) is 5.69 Å². The molecule has 3 aromatic rings. The second-order valence-corrected chi connectivity index (χ2v) is 8.60. The zero-order valence-corrected chi connectivity index (χ0v) is 16.6. The van der Waals surface area contributed by atoms with Crippen LogP contribution in [0, 0.1) is 6.92 Å². The maximum atomic E-state index is 12.4. The number of hydrogen-bond donors (Lipinski definition) is 1. The minimum absolute atomic E-state index is 0.0575. The Morgan fingerprint density at radius 3 is 2.57 bits per heavy atom. The maximum absolute atomic E-state index is 12.4. The van der Waals surface area contributed by atoms with Gasteiger partial charge in [0.1, 0.15) is 5.75 Å². The van der Waals surface area contributed by atoms with Crippen molar-refractivity contribution >= 4 is 33.0 Å². The first-order valence-electron chi connectivity index (χ1n) is 8.49. The molecular weight excluding hydrogens is 402 g/mol. The predicted octanol–water partition coefficient (Wildman–Crippen LogP) is 3.58. The minimum atomic E-state index is -3.57. The molecule has 0 saturated heterocycles. The molecule has 0 aliphatic rings. The van der Waals surface area contributed by atoms with Gasteiger partial charge in [0.25, 0.3) is 0 Å². The first-order valence-corrected chi connectivity index (χ1v) is 10.5. The average molecular weight is 420 g/mol. The normalized spacial score (nSPS) is 11.4. The SMILES string of the molecule is Cc1ccc(S(=O)(=O)Cc2noc(CCC(=O)Nc3ccccc3Cl)n2)cc1. The van der Waals surface area contributed by atoms with Crippen LogP contribution in [0.15, 0.2) is 57.9 Å². The van der Waals surface area contributed by atoms with E-state index in [0.29, 0.717) is 10.7 Å². The van der Waals surface area contributed by atoms with Crippen molar-refractivity contribution in [1.82, 2.24) is 10.1 Å². The Bertz CT molecular complexity index is 1080. The third-order valence-electron chi connectivity index (χ3n) is 3.92. The smallest absolute Gasteiger partial charge is 0.227 e. The highest BCUT2D eigenvalue weighted by molar-refractivity contribution is 7.90. The number of nitrogens with zero attached hydrogens (tertiary/aromatic N) is 2. The number of halogens is 1. The molecule has 0 aliphatic heterocycles. The molecule has 0 atom stereocenters. The van der Waals surface area contributed by atoms with Crippen LogP contribution in [0.5, 0.6) is 0 Å². The highest BCUT2D eigenvalue weighted by Crippen LogP contribution is 2.21. The molecule has 3 rings (SSSR count). The molecule has 0 fully saturated rings. The number of anilines is 1. The lowest BCUT2D eigenvalue weighted by molar-refractivity contribution is -0.116. The van der Waals surface area contributed by atoms with Gasteiger partial charge in [0.15, 0.2) is 15.7 Å². The van der Waals surface area contributed by atoms with Crippen molar-refractivity contribution < 1.29 is 17.7 Å². The fourth-order valence-electron chi connectivity index (χ4n) is 2.44. The number of aryl methyl sites for hydroxylation is 2. The Morgan fingerprint density at radius 2 is 1.86 bits per heavy atom. The molecule has 0 saturated carbocycles. The second kappa shape index (κ2) is 8.53. The summed E-state index contributed by atoms with van der Waals surface area (Å²) in [6.45, 7) is 1.88. The van der Waals surface area contributed by atoms with Gasteiger partial charge in [-0.3, -0.25) is 4.79 Å². The molecule has 1 heterocycles. The molecule has 0 radical (unpaired) electrons. The van der Waals surface area contributed by atoms with Crippen LogP contribution in [0.1, 0.15) is 23.7 Å². The zero-order valence-electron chi connectivity index (χ0n) is 15.1. The molecular formula is C19H18ClN3O4S. The van der Waals surface area contributed by atoms with Crippen molar-refractivity contribution in [1.29, 1.82) is 0 Å². The van der Waals surface area contributed by atoms with Gasteiger partial charge in [-0.2, -0.15) is 4.98 Å². The van der Waals surface area contributed by atoms with E-state index in [2.05, 4.69) is 15.5 Å². The summed E-state index contributed by atoms with van der Waals surface area (Å²) in [6, 6.07) is 13.5. The van der Waals surface area contributed by atoms with Crippen LogP contribution in [0.2, 0.25) is 5.02 Å². The van der Waals surface area contributed by atoms with Crippen LogP contribution >= 0.6 is 11.6 Å². The number of nitrogens with one attached hydrogen (secondary N) is 1. The topological polar surface area (TPSA) is 102 Å². The number of carbonyl (C=O) groups is 1. The van der Waals surface area contributed by atoms with Crippen molar-refractivity contribution in [3.8, 4) is 0 Å². The summed E-state index contributed by atoms with van der Waals surface area (Å²) in [5.41, 5.74) is 1.49. The van der Waals surface area contributed by atoms with Crippen LogP contribution in [0.25, 0.3) is 0 Å². The lowest BCUT2D eigenvalue weighted by Gasteiger charge is -2.05. The first-order chi connectivity index (χ1) is 13.3. The number of rotatable bonds is 7. The summed E-state index contributed by atoms with van der Waals surface area (Å²) in [4.78, 5) is 16.3. The number of amides is 1. The predicted molar refractivity (Wildman–Crippen MR) is 105 cm³/mol. The fraction of sp³-hybridized carbons (Fsp3) is 0.211. The molecule has 0 aliphatic carbocycles. The van der Waals surface area contributed by atoms with Crippen LogP contribution < -0.4 is 5.32 Å². The molecule has 2 aromatic carbocycles. The number of benzene rings is 2. The largest absolute Gasteiger partial charge is 0.339 e. The highest BCUT2D eigenvalue weighted by atomic mass is 35.5. The van der Waals surface area contributed by atoms with E-state index in [1.807, 2.05) is 6.92 Å². The Labute approximate surface area is 167 Å². The summed E-state index contributed by atoms with van der Waals surface area (Å²) in [5, 5.41) is 6.84. The Kier molecular flexibility index (Phi) is 6.11. The molecule has 1 amide bonds. The summed E-state index contributed by atoms with van der Waals surface area (Å²) in [7, 11) is -3.57. The quantitative estimate of drug-likeness (QED) is 0.628. The molecule has 0 spiro atoms. The van der Waals surface area contributed by atoms with Gasteiger partial charge in [0, 0.05) is 12.8 Å². The second-order valence-electron chi connectivity index (χ2n) is 6.20. The van der Waals surface area contributed by atoms with Gasteiger partial charge in [-0.25, -0.2) is 8.42 Å². The van der Waals surface area contributed by atoms with E-state index in [1.54, 1.807) is 48.5 Å². The number of aromatic nitrogens is 2. The van der Waals surface area contributed by atoms with Crippen LogP contribution in [-0.4, -0.2) is 24.5 Å². The summed E-state index contributed by atoms with van der Waals surface area (Å²) in [5.74, 6) is -0.378. The Hall–Kier alpha value is -2.71. The van der Waals surface area contributed by atoms with Gasteiger partial charge < -0.3 is 9.84 Å². The monoisotopic (exact) mass is 419 g/mol. The van der Waals surface area contributed by atoms with Gasteiger partial charge in [-0.15, -0.1) is 0 Å². The molecule has 0 bridgehead atoms. The van der Waals surface area contributed by atoms with Gasteiger partial charge in [0.05, 0.1) is 15.6 Å². The van der Waals surface area contributed by atoms with Gasteiger partial charge in [0.2, 0.25) is 11.8 Å². The molecule has 28 heavy (non-hydrogen) atoms. The summed E-state index contributed by atoms with van der Waals surface area (Å²) in [6.07, 6.45) is 0.283. The number of para-hydroxylation sites is 1. The van der Waals surface area contributed by atoms with Crippen LogP contribution in [-0.2, 0) is 26.8 Å². The molecule has 146 valence electrons. The van der Waals surface area contributed by atoms with E-state index in [0.717, 1.165) is 5.56 Å². The van der Waals surface area contributed by atoms with E-state index in [4.69, 9.17) is 16.1 Å². The third-order valence-corrected chi connectivity index (χ3v) is 5.88. The van der Waals surface area contributed by atoms with Gasteiger partial charge in [-0.1, -0.05) is 46.6 Å². The van der Waals surface area contributed by atoms with E-state index < -0.39 is 9.84 Å².